The minimum atomic E-state index is 0.0743. The molecule has 1 amide bonds. The smallest absolute Gasteiger partial charge is 0.223 e. The molecule has 1 aliphatic rings. The van der Waals surface area contributed by atoms with Gasteiger partial charge < -0.3 is 5.32 Å². The molecule has 0 aromatic heterocycles. The van der Waals surface area contributed by atoms with Gasteiger partial charge in [-0.15, -0.1) is 0 Å². The van der Waals surface area contributed by atoms with Crippen LogP contribution in [0.2, 0.25) is 0 Å². The van der Waals surface area contributed by atoms with E-state index in [1.165, 1.54) is 6.42 Å². The van der Waals surface area contributed by atoms with Crippen molar-refractivity contribution in [2.75, 3.05) is 0 Å². The maximum absolute atomic E-state index is 12.1. The van der Waals surface area contributed by atoms with Crippen molar-refractivity contribution in [3.05, 3.63) is 48.0 Å². The molecule has 0 heterocycles. The highest BCUT2D eigenvalue weighted by molar-refractivity contribution is 5.78. The Morgan fingerprint density at radius 1 is 1.39 bits per heavy atom. The first-order valence-electron chi connectivity index (χ1n) is 6.75. The van der Waals surface area contributed by atoms with Crippen LogP contribution >= 0.6 is 0 Å². The molecule has 1 aliphatic carbocycles. The van der Waals surface area contributed by atoms with Gasteiger partial charge in [-0.05, 0) is 30.7 Å². The Hall–Kier alpha value is -1.57. The molecule has 0 saturated heterocycles. The van der Waals surface area contributed by atoms with Gasteiger partial charge >= 0.3 is 0 Å². The van der Waals surface area contributed by atoms with Crippen LogP contribution in [0.4, 0.5) is 0 Å². The zero-order valence-electron chi connectivity index (χ0n) is 10.9. The second-order valence-electron chi connectivity index (χ2n) is 5.01. The number of nitrogens with one attached hydrogen (secondary N) is 1. The number of amides is 1. The lowest BCUT2D eigenvalue weighted by Crippen LogP contribution is -2.32. The monoisotopic (exact) mass is 243 g/mol. The molecule has 1 N–H and O–H groups in total. The molecule has 0 aliphatic heterocycles. The SMILES string of the molecule is C[C@H](C(=O)NCc1ccccc1)C1C=CCCC1. The van der Waals surface area contributed by atoms with E-state index in [2.05, 4.69) is 17.5 Å². The fourth-order valence-corrected chi connectivity index (χ4v) is 2.40. The van der Waals surface area contributed by atoms with Gasteiger partial charge in [0, 0.05) is 12.5 Å². The molecule has 0 bridgehead atoms. The van der Waals surface area contributed by atoms with Crippen molar-refractivity contribution in [2.45, 2.75) is 32.7 Å². The third kappa shape index (κ3) is 3.46. The number of benzene rings is 1. The van der Waals surface area contributed by atoms with Crippen LogP contribution in [0.25, 0.3) is 0 Å². The zero-order valence-corrected chi connectivity index (χ0v) is 10.9. The van der Waals surface area contributed by atoms with Crippen LogP contribution in [0.5, 0.6) is 0 Å². The minimum absolute atomic E-state index is 0.0743. The van der Waals surface area contributed by atoms with Crippen molar-refractivity contribution >= 4 is 5.91 Å². The average Bonchev–Trinajstić information content (AvgIpc) is 2.46. The Labute approximate surface area is 109 Å². The van der Waals surface area contributed by atoms with Gasteiger partial charge in [-0.3, -0.25) is 4.79 Å². The fraction of sp³-hybridized carbons (Fsp3) is 0.438. The molecule has 0 radical (unpaired) electrons. The van der Waals surface area contributed by atoms with E-state index < -0.39 is 0 Å². The van der Waals surface area contributed by atoms with Crippen LogP contribution in [-0.4, -0.2) is 5.91 Å². The van der Waals surface area contributed by atoms with E-state index in [1.807, 2.05) is 37.3 Å². The van der Waals surface area contributed by atoms with E-state index in [0.717, 1.165) is 18.4 Å². The molecule has 1 unspecified atom stereocenters. The van der Waals surface area contributed by atoms with Crippen molar-refractivity contribution in [2.24, 2.45) is 11.8 Å². The lowest BCUT2D eigenvalue weighted by atomic mass is 9.85. The molecule has 0 saturated carbocycles. The first-order chi connectivity index (χ1) is 8.77. The summed E-state index contributed by atoms with van der Waals surface area (Å²) >= 11 is 0. The van der Waals surface area contributed by atoms with Gasteiger partial charge in [0.1, 0.15) is 0 Å². The molecule has 1 aromatic rings. The Balaban J connectivity index is 1.84. The summed E-state index contributed by atoms with van der Waals surface area (Å²) in [7, 11) is 0. The quantitative estimate of drug-likeness (QED) is 0.808. The fourth-order valence-electron chi connectivity index (χ4n) is 2.40. The maximum atomic E-state index is 12.1. The molecule has 18 heavy (non-hydrogen) atoms. The van der Waals surface area contributed by atoms with Crippen LogP contribution in [-0.2, 0) is 11.3 Å². The summed E-state index contributed by atoms with van der Waals surface area (Å²) in [5, 5.41) is 3.02. The van der Waals surface area contributed by atoms with E-state index in [-0.39, 0.29) is 11.8 Å². The summed E-state index contributed by atoms with van der Waals surface area (Å²) in [5.74, 6) is 0.648. The predicted molar refractivity (Wildman–Crippen MR) is 73.9 cm³/mol. The topological polar surface area (TPSA) is 29.1 Å². The van der Waals surface area contributed by atoms with Crippen LogP contribution in [0, 0.1) is 11.8 Å². The normalized spacial score (nSPS) is 20.4. The average molecular weight is 243 g/mol. The summed E-state index contributed by atoms with van der Waals surface area (Å²) in [6.45, 7) is 2.65. The molecule has 2 nitrogen and oxygen atoms in total. The van der Waals surface area contributed by atoms with Gasteiger partial charge in [0.2, 0.25) is 5.91 Å². The largest absolute Gasteiger partial charge is 0.352 e. The molecule has 2 rings (SSSR count). The van der Waals surface area contributed by atoms with Crippen molar-refractivity contribution in [3.8, 4) is 0 Å². The Bertz CT molecular complexity index is 410. The van der Waals surface area contributed by atoms with Crippen molar-refractivity contribution in [1.82, 2.24) is 5.32 Å². The number of carbonyl (C=O) groups excluding carboxylic acids is 1. The van der Waals surface area contributed by atoms with E-state index in [9.17, 15) is 4.79 Å². The summed E-state index contributed by atoms with van der Waals surface area (Å²) in [6.07, 6.45) is 7.91. The van der Waals surface area contributed by atoms with E-state index in [4.69, 9.17) is 0 Å². The van der Waals surface area contributed by atoms with Gasteiger partial charge in [0.25, 0.3) is 0 Å². The maximum Gasteiger partial charge on any atom is 0.223 e. The second kappa shape index (κ2) is 6.39. The minimum Gasteiger partial charge on any atom is -0.352 e. The Morgan fingerprint density at radius 2 is 2.17 bits per heavy atom. The first-order valence-corrected chi connectivity index (χ1v) is 6.75. The molecule has 1 aromatic carbocycles. The molecule has 0 fully saturated rings. The molecular formula is C16H21NO. The standard InChI is InChI=1S/C16H21NO/c1-13(15-10-6-3-7-11-15)16(18)17-12-14-8-4-2-5-9-14/h2,4-6,8-10,13,15H,3,7,11-12H2,1H3,(H,17,18)/t13-,15?/m0/s1. The summed E-state index contributed by atoms with van der Waals surface area (Å²) in [6, 6.07) is 10.0. The summed E-state index contributed by atoms with van der Waals surface area (Å²) in [5.41, 5.74) is 1.15. The number of rotatable bonds is 4. The Morgan fingerprint density at radius 3 is 2.83 bits per heavy atom. The highest BCUT2D eigenvalue weighted by Gasteiger charge is 2.22. The summed E-state index contributed by atoms with van der Waals surface area (Å²) < 4.78 is 0. The van der Waals surface area contributed by atoms with Crippen LogP contribution in [0.1, 0.15) is 31.7 Å². The van der Waals surface area contributed by atoms with Gasteiger partial charge in [0.05, 0.1) is 0 Å². The third-order valence-electron chi connectivity index (χ3n) is 3.66. The number of allylic oxidation sites excluding steroid dienone is 2. The van der Waals surface area contributed by atoms with E-state index in [1.54, 1.807) is 0 Å². The molecule has 2 heteroatoms. The Kier molecular flexibility index (Phi) is 4.57. The first kappa shape index (κ1) is 12.9. The number of carbonyl (C=O) groups is 1. The van der Waals surface area contributed by atoms with Gasteiger partial charge in [-0.25, -0.2) is 0 Å². The van der Waals surface area contributed by atoms with Gasteiger partial charge in [-0.1, -0.05) is 49.4 Å². The number of hydrogen-bond donors (Lipinski definition) is 1. The highest BCUT2D eigenvalue weighted by Crippen LogP contribution is 2.24. The predicted octanol–water partition coefficient (Wildman–Crippen LogP) is 3.30. The van der Waals surface area contributed by atoms with E-state index >= 15 is 0 Å². The van der Waals surface area contributed by atoms with Gasteiger partial charge in [0.15, 0.2) is 0 Å². The van der Waals surface area contributed by atoms with Crippen molar-refractivity contribution in [1.29, 1.82) is 0 Å². The third-order valence-corrected chi connectivity index (χ3v) is 3.66. The summed E-state index contributed by atoms with van der Waals surface area (Å²) in [4.78, 5) is 12.1. The van der Waals surface area contributed by atoms with Gasteiger partial charge in [-0.2, -0.15) is 0 Å². The highest BCUT2D eigenvalue weighted by atomic mass is 16.1. The second-order valence-corrected chi connectivity index (χ2v) is 5.01. The van der Waals surface area contributed by atoms with Crippen LogP contribution in [0.15, 0.2) is 42.5 Å². The molecular weight excluding hydrogens is 222 g/mol. The lowest BCUT2D eigenvalue weighted by Gasteiger charge is -2.22. The van der Waals surface area contributed by atoms with Crippen LogP contribution in [0.3, 0.4) is 0 Å². The molecule has 96 valence electrons. The van der Waals surface area contributed by atoms with Crippen LogP contribution < -0.4 is 5.32 Å². The lowest BCUT2D eigenvalue weighted by molar-refractivity contribution is -0.125. The van der Waals surface area contributed by atoms with Crippen molar-refractivity contribution in [3.63, 3.8) is 0 Å². The molecule has 0 spiro atoms. The molecule has 2 atom stereocenters. The number of hydrogen-bond acceptors (Lipinski definition) is 1. The van der Waals surface area contributed by atoms with E-state index in [0.29, 0.717) is 12.5 Å². The van der Waals surface area contributed by atoms with Crippen molar-refractivity contribution < 1.29 is 4.79 Å². The zero-order chi connectivity index (χ0) is 12.8.